The molecule has 1 aliphatic carbocycles. The number of carboxylic acid groups (broad SMARTS) is 1. The van der Waals surface area contributed by atoms with E-state index < -0.39 is 36.1 Å². The number of piperidine rings is 1. The average molecular weight is 577 g/mol. The molecule has 2 aromatic rings. The summed E-state index contributed by atoms with van der Waals surface area (Å²) in [5.41, 5.74) is 1.31. The van der Waals surface area contributed by atoms with Crippen LogP contribution in [0.2, 0.25) is 0 Å². The molecule has 0 spiro atoms. The number of benzene rings is 2. The highest BCUT2D eigenvalue weighted by Crippen LogP contribution is 2.35. The second kappa shape index (κ2) is 12.9. The molecule has 2 aliphatic rings. The molecule has 220 valence electrons. The first kappa shape index (κ1) is 29.7. The van der Waals surface area contributed by atoms with E-state index in [1.54, 1.807) is 24.3 Å². The number of aliphatic carboxylic acids is 1. The molecule has 13 heteroatoms. The molecule has 4 amide bonds. The largest absolute Gasteiger partial charge is 0.573 e. The van der Waals surface area contributed by atoms with Crippen molar-refractivity contribution in [2.24, 2.45) is 11.8 Å². The quantitative estimate of drug-likeness (QED) is 0.333. The number of carbonyl (C=O) groups excluding carboxylic acids is 3. The van der Waals surface area contributed by atoms with Gasteiger partial charge in [-0.2, -0.15) is 0 Å². The monoisotopic (exact) mass is 576 g/mol. The standard InChI is InChI=1S/C28H31F3N4O6/c29-28(30,31)41-22-9-7-21(8-10-22)33-27(40)34-24(18-12-15-35(16-13-18)26(39)20-5-6-20)17-1-3-19(4-2-17)25(38)32-14-11-23(36)37/h1-4,7-10,18,20,24H,5-6,11-16H2,(H,32,38)(H,36,37)(H2,33,34,40). The van der Waals surface area contributed by atoms with E-state index in [0.717, 1.165) is 30.5 Å². The number of halogens is 3. The third-order valence-electron chi connectivity index (χ3n) is 7.04. The predicted octanol–water partition coefficient (Wildman–Crippen LogP) is 4.30. The minimum absolute atomic E-state index is 0.0122. The van der Waals surface area contributed by atoms with Gasteiger partial charge >= 0.3 is 18.4 Å². The van der Waals surface area contributed by atoms with Gasteiger partial charge in [-0.05, 0) is 73.6 Å². The number of anilines is 1. The fourth-order valence-electron chi connectivity index (χ4n) is 4.79. The summed E-state index contributed by atoms with van der Waals surface area (Å²) in [4.78, 5) is 50.4. The van der Waals surface area contributed by atoms with E-state index in [2.05, 4.69) is 20.7 Å². The molecule has 10 nitrogen and oxygen atoms in total. The summed E-state index contributed by atoms with van der Waals surface area (Å²) in [6.07, 6.45) is -1.90. The van der Waals surface area contributed by atoms with Crippen LogP contribution in [-0.4, -0.2) is 59.8 Å². The topological polar surface area (TPSA) is 137 Å². The number of alkyl halides is 3. The van der Waals surface area contributed by atoms with E-state index in [9.17, 15) is 32.3 Å². The van der Waals surface area contributed by atoms with Crippen LogP contribution in [-0.2, 0) is 9.59 Å². The van der Waals surface area contributed by atoms with Gasteiger partial charge < -0.3 is 30.7 Å². The highest BCUT2D eigenvalue weighted by molar-refractivity contribution is 5.94. The molecule has 41 heavy (non-hydrogen) atoms. The van der Waals surface area contributed by atoms with Crippen LogP contribution in [0.1, 0.15) is 54.1 Å². The summed E-state index contributed by atoms with van der Waals surface area (Å²) in [6.45, 7) is 1.11. The molecule has 1 aliphatic heterocycles. The lowest BCUT2D eigenvalue weighted by Crippen LogP contribution is -2.44. The highest BCUT2D eigenvalue weighted by Gasteiger charge is 2.37. The van der Waals surface area contributed by atoms with Gasteiger partial charge in [-0.1, -0.05) is 12.1 Å². The zero-order valence-electron chi connectivity index (χ0n) is 22.1. The number of likely N-dealkylation sites (tertiary alicyclic amines) is 1. The maximum Gasteiger partial charge on any atom is 0.573 e. The third kappa shape index (κ3) is 8.85. The summed E-state index contributed by atoms with van der Waals surface area (Å²) in [7, 11) is 0. The first-order chi connectivity index (χ1) is 19.5. The van der Waals surface area contributed by atoms with Gasteiger partial charge in [-0.3, -0.25) is 14.4 Å². The summed E-state index contributed by atoms with van der Waals surface area (Å²) in [6, 6.07) is 10.3. The summed E-state index contributed by atoms with van der Waals surface area (Å²) >= 11 is 0. The Morgan fingerprint density at radius 2 is 1.59 bits per heavy atom. The smallest absolute Gasteiger partial charge is 0.481 e. The van der Waals surface area contributed by atoms with Crippen LogP contribution in [0, 0.1) is 11.8 Å². The zero-order valence-corrected chi connectivity index (χ0v) is 22.1. The molecule has 1 saturated heterocycles. The molecule has 1 saturated carbocycles. The number of nitrogens with zero attached hydrogens (tertiary/aromatic N) is 1. The number of carbonyl (C=O) groups is 4. The molecular formula is C28H31F3N4O6. The van der Waals surface area contributed by atoms with Crippen LogP contribution in [0.5, 0.6) is 5.75 Å². The number of ether oxygens (including phenoxy) is 1. The van der Waals surface area contributed by atoms with Crippen LogP contribution in [0.25, 0.3) is 0 Å². The second-order valence-corrected chi connectivity index (χ2v) is 10.1. The summed E-state index contributed by atoms with van der Waals surface area (Å²) in [5.74, 6) is -1.61. The fraction of sp³-hybridized carbons (Fsp3) is 0.429. The van der Waals surface area contributed by atoms with Crippen molar-refractivity contribution in [3.05, 3.63) is 59.7 Å². The van der Waals surface area contributed by atoms with Crippen LogP contribution in [0.4, 0.5) is 23.7 Å². The molecular weight excluding hydrogens is 545 g/mol. The second-order valence-electron chi connectivity index (χ2n) is 10.1. The van der Waals surface area contributed by atoms with Gasteiger partial charge in [0.2, 0.25) is 5.91 Å². The molecule has 1 atom stereocenters. The minimum Gasteiger partial charge on any atom is -0.481 e. The molecule has 0 aromatic heterocycles. The molecule has 0 radical (unpaired) electrons. The van der Waals surface area contributed by atoms with Crippen molar-refractivity contribution in [2.75, 3.05) is 25.0 Å². The fourth-order valence-corrected chi connectivity index (χ4v) is 4.79. The Morgan fingerprint density at radius 1 is 0.951 bits per heavy atom. The van der Waals surface area contributed by atoms with Crippen molar-refractivity contribution in [1.29, 1.82) is 0 Å². The molecule has 4 N–H and O–H groups in total. The van der Waals surface area contributed by atoms with Gasteiger partial charge in [-0.25, -0.2) is 4.79 Å². The Hall–Kier alpha value is -4.29. The predicted molar refractivity (Wildman–Crippen MR) is 141 cm³/mol. The van der Waals surface area contributed by atoms with Crippen molar-refractivity contribution < 1.29 is 42.2 Å². The van der Waals surface area contributed by atoms with Crippen LogP contribution < -0.4 is 20.7 Å². The van der Waals surface area contributed by atoms with Crippen LogP contribution >= 0.6 is 0 Å². The van der Waals surface area contributed by atoms with Gasteiger partial charge in [0.25, 0.3) is 5.91 Å². The first-order valence-electron chi connectivity index (χ1n) is 13.3. The average Bonchev–Trinajstić information content (AvgIpc) is 3.77. The van der Waals surface area contributed by atoms with Crippen molar-refractivity contribution >= 4 is 29.5 Å². The highest BCUT2D eigenvalue weighted by atomic mass is 19.4. The van der Waals surface area contributed by atoms with Gasteiger partial charge in [0.15, 0.2) is 0 Å². The Labute approximate surface area is 234 Å². The van der Waals surface area contributed by atoms with Crippen molar-refractivity contribution in [1.82, 2.24) is 15.5 Å². The van der Waals surface area contributed by atoms with Crippen LogP contribution in [0.3, 0.4) is 0 Å². The van der Waals surface area contributed by atoms with Gasteiger partial charge in [0, 0.05) is 36.8 Å². The molecule has 2 fully saturated rings. The Kier molecular flexibility index (Phi) is 9.35. The lowest BCUT2D eigenvalue weighted by molar-refractivity contribution is -0.274. The van der Waals surface area contributed by atoms with E-state index in [1.165, 1.54) is 12.1 Å². The number of hydrogen-bond donors (Lipinski definition) is 4. The van der Waals surface area contributed by atoms with Gasteiger partial charge in [0.1, 0.15) is 5.75 Å². The SMILES string of the molecule is O=C(O)CCNC(=O)c1ccc(C(NC(=O)Nc2ccc(OC(F)(F)F)cc2)C2CCN(C(=O)C3CC3)CC2)cc1. The first-order valence-corrected chi connectivity index (χ1v) is 13.3. The molecule has 4 rings (SSSR count). The lowest BCUT2D eigenvalue weighted by Gasteiger charge is -2.36. The van der Waals surface area contributed by atoms with Crippen LogP contribution in [0.15, 0.2) is 48.5 Å². The Balaban J connectivity index is 1.43. The maximum atomic E-state index is 13.0. The van der Waals surface area contributed by atoms with E-state index in [1.807, 2.05) is 4.90 Å². The normalized spacial score (nSPS) is 16.4. The number of amides is 4. The molecule has 1 heterocycles. The number of urea groups is 1. The number of nitrogens with one attached hydrogen (secondary N) is 3. The summed E-state index contributed by atoms with van der Waals surface area (Å²) in [5, 5.41) is 16.9. The number of rotatable bonds is 10. The minimum atomic E-state index is -4.83. The number of carboxylic acids is 1. The summed E-state index contributed by atoms with van der Waals surface area (Å²) < 4.78 is 41.1. The Morgan fingerprint density at radius 3 is 2.15 bits per heavy atom. The molecule has 0 bridgehead atoms. The third-order valence-corrected chi connectivity index (χ3v) is 7.04. The van der Waals surface area contributed by atoms with Crippen molar-refractivity contribution in [3.8, 4) is 5.75 Å². The van der Waals surface area contributed by atoms with Crippen molar-refractivity contribution in [2.45, 2.75) is 44.5 Å². The van der Waals surface area contributed by atoms with E-state index in [-0.39, 0.29) is 36.4 Å². The van der Waals surface area contributed by atoms with E-state index in [4.69, 9.17) is 5.11 Å². The van der Waals surface area contributed by atoms with Gasteiger partial charge in [0.05, 0.1) is 12.5 Å². The Bertz CT molecular complexity index is 1240. The van der Waals surface area contributed by atoms with E-state index in [0.29, 0.717) is 31.5 Å². The van der Waals surface area contributed by atoms with E-state index >= 15 is 0 Å². The zero-order chi connectivity index (χ0) is 29.6. The maximum absolute atomic E-state index is 13.0. The number of hydrogen-bond acceptors (Lipinski definition) is 5. The molecule has 2 aromatic carbocycles. The van der Waals surface area contributed by atoms with Crippen molar-refractivity contribution in [3.63, 3.8) is 0 Å². The lowest BCUT2D eigenvalue weighted by atomic mass is 9.85. The van der Waals surface area contributed by atoms with Gasteiger partial charge in [-0.15, -0.1) is 13.2 Å². The molecule has 1 unspecified atom stereocenters.